The molecule has 2 fully saturated rings. The summed E-state index contributed by atoms with van der Waals surface area (Å²) in [6, 6.07) is 9.84. The summed E-state index contributed by atoms with van der Waals surface area (Å²) in [5, 5.41) is 21.9. The summed E-state index contributed by atoms with van der Waals surface area (Å²) in [6.45, 7) is 6.53. The number of piperidine rings is 1. The smallest absolute Gasteiger partial charge is 0.271 e. The predicted molar refractivity (Wildman–Crippen MR) is 157 cm³/mol. The third-order valence-electron chi connectivity index (χ3n) is 8.23. The molecule has 3 atom stereocenters. The van der Waals surface area contributed by atoms with Crippen molar-refractivity contribution in [3.63, 3.8) is 0 Å². The molecule has 0 bridgehead atoms. The van der Waals surface area contributed by atoms with Crippen LogP contribution in [-0.2, 0) is 0 Å². The lowest BCUT2D eigenvalue weighted by Crippen LogP contribution is -2.31. The lowest BCUT2D eigenvalue weighted by molar-refractivity contribution is 0.0946. The first-order chi connectivity index (χ1) is 20.4. The Morgan fingerprint density at radius 1 is 1.10 bits per heavy atom. The fourth-order valence-electron chi connectivity index (χ4n) is 5.89. The molecule has 0 spiro atoms. The number of halogens is 1. The van der Waals surface area contributed by atoms with Gasteiger partial charge in [-0.05, 0) is 55.9 Å². The molecule has 1 N–H and O–H groups in total. The predicted octanol–water partition coefficient (Wildman–Crippen LogP) is 4.27. The molecule has 0 radical (unpaired) electrons. The molecule has 11 nitrogen and oxygen atoms in total. The Labute approximate surface area is 246 Å². The van der Waals surface area contributed by atoms with Crippen LogP contribution < -0.4 is 10.2 Å². The van der Waals surface area contributed by atoms with Crippen molar-refractivity contribution in [2.45, 2.75) is 19.9 Å². The molecule has 1 aliphatic heterocycles. The number of hydrogen-bond acceptors (Lipinski definition) is 8. The fourth-order valence-corrected chi connectivity index (χ4v) is 6.10. The number of nitrogens with zero attached hydrogens (tertiary/aromatic N) is 9. The Balaban J connectivity index is 1.07. The molecule has 7 rings (SSSR count). The highest BCUT2D eigenvalue weighted by Gasteiger charge is 2.55. The number of pyridine rings is 2. The first kappa shape index (κ1) is 26.1. The van der Waals surface area contributed by atoms with Crippen LogP contribution in [-0.4, -0.2) is 59.9 Å². The Hall–Kier alpha value is -4.82. The molecule has 2 aliphatic rings. The molecule has 210 valence electrons. The fraction of sp³-hybridized carbons (Fsp3) is 0.300. The lowest BCUT2D eigenvalue weighted by Gasteiger charge is -2.21. The first-order valence-electron chi connectivity index (χ1n) is 13.8. The lowest BCUT2D eigenvalue weighted by atomic mass is 10.1. The maximum Gasteiger partial charge on any atom is 0.271 e. The van der Waals surface area contributed by atoms with Gasteiger partial charge in [-0.3, -0.25) is 9.48 Å². The van der Waals surface area contributed by atoms with Crippen molar-refractivity contribution in [3.05, 3.63) is 77.7 Å². The Bertz CT molecular complexity index is 1840. The minimum absolute atomic E-state index is 0.227. The molecule has 1 saturated heterocycles. The molecule has 42 heavy (non-hydrogen) atoms. The molecule has 5 aromatic rings. The number of hydrogen-bond donors (Lipinski definition) is 1. The highest BCUT2D eigenvalue weighted by molar-refractivity contribution is 6.33. The molecule has 1 aliphatic carbocycles. The van der Waals surface area contributed by atoms with Gasteiger partial charge in [0.15, 0.2) is 0 Å². The second-order valence-electron chi connectivity index (χ2n) is 11.1. The van der Waals surface area contributed by atoms with Gasteiger partial charge in [-0.1, -0.05) is 11.6 Å². The van der Waals surface area contributed by atoms with Crippen molar-refractivity contribution in [2.75, 3.05) is 24.5 Å². The zero-order valence-electron chi connectivity index (χ0n) is 23.0. The van der Waals surface area contributed by atoms with E-state index in [9.17, 15) is 10.1 Å². The second kappa shape index (κ2) is 10.2. The topological polar surface area (TPSA) is 130 Å². The van der Waals surface area contributed by atoms with Crippen LogP contribution in [0.15, 0.2) is 61.4 Å². The molecule has 1 saturated carbocycles. The SMILES string of the molecule is CC(C)n1cc(-c2cn3ncc(C#N)c3c(-c3ccc(N4C[C@@H]5C(CNC(=O)c6ncccc6Cl)[C@@H]5C4)nc3)n2)cn1. The van der Waals surface area contributed by atoms with Crippen molar-refractivity contribution >= 4 is 28.8 Å². The van der Waals surface area contributed by atoms with E-state index < -0.39 is 0 Å². The van der Waals surface area contributed by atoms with Gasteiger partial charge in [0.25, 0.3) is 5.91 Å². The molecular formula is C30H27ClN10O. The van der Waals surface area contributed by atoms with E-state index in [0.29, 0.717) is 51.8 Å². The average Bonchev–Trinajstić information content (AvgIpc) is 3.48. The van der Waals surface area contributed by atoms with Crippen LogP contribution in [0.1, 0.15) is 35.9 Å². The maximum atomic E-state index is 12.5. The quantitative estimate of drug-likeness (QED) is 0.303. The van der Waals surface area contributed by atoms with Gasteiger partial charge >= 0.3 is 0 Å². The van der Waals surface area contributed by atoms with E-state index in [1.54, 1.807) is 35.2 Å². The van der Waals surface area contributed by atoms with E-state index in [2.05, 4.69) is 45.3 Å². The van der Waals surface area contributed by atoms with Gasteiger partial charge in [-0.15, -0.1) is 0 Å². The number of amides is 1. The highest BCUT2D eigenvalue weighted by Crippen LogP contribution is 2.52. The van der Waals surface area contributed by atoms with Crippen LogP contribution in [0.3, 0.4) is 0 Å². The number of aromatic nitrogens is 7. The monoisotopic (exact) mass is 578 g/mol. The molecule has 5 aromatic heterocycles. The third kappa shape index (κ3) is 4.54. The molecular weight excluding hydrogens is 552 g/mol. The zero-order chi connectivity index (χ0) is 29.0. The number of nitrogens with one attached hydrogen (secondary N) is 1. The van der Waals surface area contributed by atoms with Crippen molar-refractivity contribution in [1.29, 1.82) is 5.26 Å². The van der Waals surface area contributed by atoms with Gasteiger partial charge in [0.1, 0.15) is 28.7 Å². The molecule has 12 heteroatoms. The van der Waals surface area contributed by atoms with Gasteiger partial charge in [-0.25, -0.2) is 19.5 Å². The van der Waals surface area contributed by atoms with Gasteiger partial charge in [-0.2, -0.15) is 15.5 Å². The van der Waals surface area contributed by atoms with E-state index in [0.717, 1.165) is 30.0 Å². The van der Waals surface area contributed by atoms with E-state index in [1.807, 2.05) is 35.4 Å². The van der Waals surface area contributed by atoms with Crippen molar-refractivity contribution < 1.29 is 4.79 Å². The number of carbonyl (C=O) groups excluding carboxylic acids is 1. The van der Waals surface area contributed by atoms with Crippen molar-refractivity contribution in [3.8, 4) is 28.6 Å². The number of fused-ring (bicyclic) bond motifs is 2. The average molecular weight is 579 g/mol. The van der Waals surface area contributed by atoms with Crippen LogP contribution in [0.25, 0.3) is 28.0 Å². The van der Waals surface area contributed by atoms with Gasteiger partial charge in [0.05, 0.1) is 35.0 Å². The third-order valence-corrected chi connectivity index (χ3v) is 8.54. The number of carbonyl (C=O) groups is 1. The van der Waals surface area contributed by atoms with Crippen LogP contribution in [0.4, 0.5) is 5.82 Å². The summed E-state index contributed by atoms with van der Waals surface area (Å²) in [5.41, 5.74) is 4.39. The van der Waals surface area contributed by atoms with Crippen LogP contribution in [0.2, 0.25) is 5.02 Å². The Kier molecular flexibility index (Phi) is 6.35. The second-order valence-corrected chi connectivity index (χ2v) is 11.5. The maximum absolute atomic E-state index is 12.5. The summed E-state index contributed by atoms with van der Waals surface area (Å²) in [7, 11) is 0. The summed E-state index contributed by atoms with van der Waals surface area (Å²) in [6.07, 6.45) is 10.5. The van der Waals surface area contributed by atoms with Crippen molar-refractivity contribution in [2.24, 2.45) is 17.8 Å². The van der Waals surface area contributed by atoms with Crippen LogP contribution in [0, 0.1) is 29.1 Å². The molecule has 0 aromatic carbocycles. The van der Waals surface area contributed by atoms with Gasteiger partial charge in [0, 0.05) is 55.4 Å². The standard InChI is InChI=1S/C30H27ClN10O/c1-17(2)40-13-20(11-36-40)25-16-41-29(19(8-32)10-37-41)27(38-25)18-5-6-26(34-9-18)39-14-22-21(23(22)15-39)12-35-30(42)28-24(31)4-3-7-33-28/h3-7,9-11,13,16-17,21-23H,12,14-15H2,1-2H3,(H,35,42)/t21?,22-,23+. The minimum Gasteiger partial charge on any atom is -0.356 e. The van der Waals surface area contributed by atoms with E-state index in [4.69, 9.17) is 21.6 Å². The van der Waals surface area contributed by atoms with Gasteiger partial charge < -0.3 is 10.2 Å². The molecule has 1 unspecified atom stereocenters. The van der Waals surface area contributed by atoms with E-state index in [-0.39, 0.29) is 17.6 Å². The summed E-state index contributed by atoms with van der Waals surface area (Å²) >= 11 is 6.11. The zero-order valence-corrected chi connectivity index (χ0v) is 23.8. The first-order valence-corrected chi connectivity index (χ1v) is 14.2. The summed E-state index contributed by atoms with van der Waals surface area (Å²) in [5.74, 6) is 2.13. The van der Waals surface area contributed by atoms with Crippen LogP contribution in [0.5, 0.6) is 0 Å². The number of anilines is 1. The number of nitriles is 1. The van der Waals surface area contributed by atoms with Gasteiger partial charge in [0.2, 0.25) is 0 Å². The largest absolute Gasteiger partial charge is 0.356 e. The number of rotatable bonds is 7. The highest BCUT2D eigenvalue weighted by atomic mass is 35.5. The summed E-state index contributed by atoms with van der Waals surface area (Å²) in [4.78, 5) is 28.6. The Morgan fingerprint density at radius 3 is 2.62 bits per heavy atom. The van der Waals surface area contributed by atoms with E-state index >= 15 is 0 Å². The Morgan fingerprint density at radius 2 is 1.93 bits per heavy atom. The molecule has 6 heterocycles. The van der Waals surface area contributed by atoms with Crippen LogP contribution >= 0.6 is 11.6 Å². The van der Waals surface area contributed by atoms with Crippen molar-refractivity contribution in [1.82, 2.24) is 39.7 Å². The minimum atomic E-state index is -0.238. The van der Waals surface area contributed by atoms with E-state index in [1.165, 1.54) is 0 Å². The molecule has 1 amide bonds. The summed E-state index contributed by atoms with van der Waals surface area (Å²) < 4.78 is 3.59. The normalized spacial score (nSPS) is 19.2.